The number of nitrogens with two attached hydrogens (primary N) is 1. The van der Waals surface area contributed by atoms with Crippen molar-refractivity contribution in [2.75, 3.05) is 0 Å². The molecule has 0 spiro atoms. The van der Waals surface area contributed by atoms with E-state index in [1.54, 1.807) is 0 Å². The topological polar surface area (TPSA) is 38.0 Å². The Morgan fingerprint density at radius 2 is 1.74 bits per heavy atom. The van der Waals surface area contributed by atoms with Crippen LogP contribution in [-0.2, 0) is 0 Å². The fraction of sp³-hybridized carbons (Fsp3) is 0.250. The van der Waals surface area contributed by atoms with Crippen LogP contribution in [0.1, 0.15) is 33.9 Å². The molecule has 3 heteroatoms. The molecule has 0 aliphatic heterocycles. The summed E-state index contributed by atoms with van der Waals surface area (Å²) >= 11 is 6.20. The average Bonchev–Trinajstić information content (AvgIpc) is 2.37. The summed E-state index contributed by atoms with van der Waals surface area (Å²) in [6.07, 6.45) is 0. The van der Waals surface area contributed by atoms with E-state index in [2.05, 4.69) is 43.5 Å². The standard InChI is InChI=1S/C16H19ClN2/c1-10-4-7-14(12(3)8-10)16(19-18)13-6-5-11(2)15(17)9-13/h4-9,16,19H,18H2,1-3H3. The van der Waals surface area contributed by atoms with Crippen LogP contribution in [0.3, 0.4) is 0 Å². The quantitative estimate of drug-likeness (QED) is 0.660. The minimum atomic E-state index is -0.0429. The minimum Gasteiger partial charge on any atom is -0.271 e. The second-order valence-electron chi connectivity index (χ2n) is 4.97. The van der Waals surface area contributed by atoms with E-state index in [0.29, 0.717) is 0 Å². The summed E-state index contributed by atoms with van der Waals surface area (Å²) in [6.45, 7) is 6.18. The highest BCUT2D eigenvalue weighted by Gasteiger charge is 2.15. The number of hydrogen-bond acceptors (Lipinski definition) is 2. The maximum Gasteiger partial charge on any atom is 0.0713 e. The number of hydrazine groups is 1. The third-order valence-electron chi connectivity index (χ3n) is 3.43. The summed E-state index contributed by atoms with van der Waals surface area (Å²) in [5.41, 5.74) is 8.67. The van der Waals surface area contributed by atoms with Gasteiger partial charge in [0.25, 0.3) is 0 Å². The molecule has 0 heterocycles. The van der Waals surface area contributed by atoms with Gasteiger partial charge in [0.15, 0.2) is 0 Å². The van der Waals surface area contributed by atoms with Crippen LogP contribution in [0, 0.1) is 20.8 Å². The maximum atomic E-state index is 6.20. The van der Waals surface area contributed by atoms with Gasteiger partial charge < -0.3 is 0 Å². The molecular weight excluding hydrogens is 256 g/mol. The van der Waals surface area contributed by atoms with Gasteiger partial charge in [0, 0.05) is 5.02 Å². The molecule has 0 amide bonds. The summed E-state index contributed by atoms with van der Waals surface area (Å²) < 4.78 is 0. The molecule has 2 aromatic rings. The lowest BCUT2D eigenvalue weighted by molar-refractivity contribution is 0.633. The Morgan fingerprint density at radius 3 is 2.32 bits per heavy atom. The second kappa shape index (κ2) is 5.74. The summed E-state index contributed by atoms with van der Waals surface area (Å²) in [5.74, 6) is 5.74. The van der Waals surface area contributed by atoms with Crippen molar-refractivity contribution >= 4 is 11.6 Å². The first-order valence-corrected chi connectivity index (χ1v) is 6.70. The summed E-state index contributed by atoms with van der Waals surface area (Å²) in [6, 6.07) is 12.4. The number of rotatable bonds is 3. The van der Waals surface area contributed by atoms with E-state index in [1.807, 2.05) is 19.1 Å². The van der Waals surface area contributed by atoms with Gasteiger partial charge in [0.2, 0.25) is 0 Å². The van der Waals surface area contributed by atoms with Crippen LogP contribution in [0.4, 0.5) is 0 Å². The molecule has 0 fully saturated rings. The third kappa shape index (κ3) is 2.98. The number of nitrogens with one attached hydrogen (secondary N) is 1. The van der Waals surface area contributed by atoms with Crippen LogP contribution in [0.15, 0.2) is 36.4 Å². The zero-order valence-corrected chi connectivity index (χ0v) is 12.3. The van der Waals surface area contributed by atoms with Gasteiger partial charge in [-0.25, -0.2) is 5.43 Å². The van der Waals surface area contributed by atoms with Crippen LogP contribution in [0.25, 0.3) is 0 Å². The van der Waals surface area contributed by atoms with Gasteiger partial charge in [0.05, 0.1) is 6.04 Å². The Bertz CT molecular complexity index is 593. The molecule has 2 aromatic carbocycles. The molecule has 0 aliphatic carbocycles. The van der Waals surface area contributed by atoms with E-state index in [4.69, 9.17) is 17.4 Å². The lowest BCUT2D eigenvalue weighted by Crippen LogP contribution is -2.29. The molecule has 0 aromatic heterocycles. The third-order valence-corrected chi connectivity index (χ3v) is 3.84. The van der Waals surface area contributed by atoms with Gasteiger partial charge in [-0.05, 0) is 49.1 Å². The van der Waals surface area contributed by atoms with Gasteiger partial charge in [0.1, 0.15) is 0 Å². The second-order valence-corrected chi connectivity index (χ2v) is 5.38. The van der Waals surface area contributed by atoms with Crippen molar-refractivity contribution in [1.29, 1.82) is 0 Å². The number of halogens is 1. The normalized spacial score (nSPS) is 12.5. The molecule has 2 nitrogen and oxygen atoms in total. The molecule has 1 unspecified atom stereocenters. The van der Waals surface area contributed by atoms with Gasteiger partial charge in [-0.1, -0.05) is 47.5 Å². The highest BCUT2D eigenvalue weighted by atomic mass is 35.5. The highest BCUT2D eigenvalue weighted by Crippen LogP contribution is 2.28. The first kappa shape index (κ1) is 14.1. The fourth-order valence-corrected chi connectivity index (χ4v) is 2.49. The molecule has 0 saturated heterocycles. The smallest absolute Gasteiger partial charge is 0.0713 e. The monoisotopic (exact) mass is 274 g/mol. The molecule has 1 atom stereocenters. The largest absolute Gasteiger partial charge is 0.271 e. The molecular formula is C16H19ClN2. The minimum absolute atomic E-state index is 0.0429. The number of benzene rings is 2. The van der Waals surface area contributed by atoms with Crippen LogP contribution in [0.5, 0.6) is 0 Å². The van der Waals surface area contributed by atoms with Gasteiger partial charge in [-0.15, -0.1) is 0 Å². The van der Waals surface area contributed by atoms with Gasteiger partial charge >= 0.3 is 0 Å². The van der Waals surface area contributed by atoms with E-state index in [9.17, 15) is 0 Å². The van der Waals surface area contributed by atoms with Crippen molar-refractivity contribution in [2.45, 2.75) is 26.8 Å². The molecule has 100 valence electrons. The average molecular weight is 275 g/mol. The molecule has 0 radical (unpaired) electrons. The lowest BCUT2D eigenvalue weighted by atomic mass is 9.94. The summed E-state index contributed by atoms with van der Waals surface area (Å²) in [7, 11) is 0. The zero-order valence-electron chi connectivity index (χ0n) is 11.5. The molecule has 0 saturated carbocycles. The Kier molecular flexibility index (Phi) is 4.25. The van der Waals surface area contributed by atoms with E-state index >= 15 is 0 Å². The molecule has 2 rings (SSSR count). The van der Waals surface area contributed by atoms with E-state index in [-0.39, 0.29) is 6.04 Å². The van der Waals surface area contributed by atoms with Crippen molar-refractivity contribution in [3.8, 4) is 0 Å². The fourth-order valence-electron chi connectivity index (χ4n) is 2.30. The van der Waals surface area contributed by atoms with Crippen LogP contribution >= 0.6 is 11.6 Å². The van der Waals surface area contributed by atoms with Crippen molar-refractivity contribution in [2.24, 2.45) is 5.84 Å². The van der Waals surface area contributed by atoms with Crippen molar-refractivity contribution in [3.63, 3.8) is 0 Å². The van der Waals surface area contributed by atoms with E-state index in [0.717, 1.165) is 16.1 Å². The Morgan fingerprint density at radius 1 is 1.00 bits per heavy atom. The Hall–Kier alpha value is -1.35. The van der Waals surface area contributed by atoms with Gasteiger partial charge in [-0.2, -0.15) is 0 Å². The molecule has 0 bridgehead atoms. The first-order valence-electron chi connectivity index (χ1n) is 6.32. The highest BCUT2D eigenvalue weighted by molar-refractivity contribution is 6.31. The molecule has 19 heavy (non-hydrogen) atoms. The van der Waals surface area contributed by atoms with Crippen molar-refractivity contribution < 1.29 is 0 Å². The number of hydrogen-bond donors (Lipinski definition) is 2. The van der Waals surface area contributed by atoms with Crippen molar-refractivity contribution in [3.05, 3.63) is 69.2 Å². The Labute approximate surface area is 119 Å². The number of aryl methyl sites for hydroxylation is 3. The molecule has 0 aliphatic rings. The van der Waals surface area contributed by atoms with Crippen molar-refractivity contribution in [1.82, 2.24) is 5.43 Å². The Balaban J connectivity index is 2.46. The van der Waals surface area contributed by atoms with Crippen LogP contribution in [-0.4, -0.2) is 0 Å². The SMILES string of the molecule is Cc1ccc(C(NN)c2ccc(C)c(Cl)c2)c(C)c1. The van der Waals surface area contributed by atoms with Crippen LogP contribution in [0.2, 0.25) is 5.02 Å². The lowest BCUT2D eigenvalue weighted by Gasteiger charge is -2.20. The van der Waals surface area contributed by atoms with E-state index < -0.39 is 0 Å². The van der Waals surface area contributed by atoms with Gasteiger partial charge in [-0.3, -0.25) is 5.84 Å². The van der Waals surface area contributed by atoms with Crippen LogP contribution < -0.4 is 11.3 Å². The molecule has 3 N–H and O–H groups in total. The zero-order chi connectivity index (χ0) is 14.0. The first-order chi connectivity index (χ1) is 9.02. The summed E-state index contributed by atoms with van der Waals surface area (Å²) in [5, 5.41) is 0.766. The predicted octanol–water partition coefficient (Wildman–Crippen LogP) is 3.82. The predicted molar refractivity (Wildman–Crippen MR) is 81.3 cm³/mol. The summed E-state index contributed by atoms with van der Waals surface area (Å²) in [4.78, 5) is 0. The van der Waals surface area contributed by atoms with E-state index in [1.165, 1.54) is 16.7 Å². The maximum absolute atomic E-state index is 6.20.